The number of rotatable bonds is 7. The van der Waals surface area contributed by atoms with Crippen molar-refractivity contribution in [2.45, 2.75) is 6.92 Å². The number of nitrogens with one attached hydrogen (secondary N) is 3. The number of aromatic nitrogens is 4. The van der Waals surface area contributed by atoms with E-state index in [9.17, 15) is 4.21 Å². The summed E-state index contributed by atoms with van der Waals surface area (Å²) >= 11 is 5.00. The molecule has 0 saturated carbocycles. The number of hydrogen-bond donors (Lipinski definition) is 3. The minimum Gasteiger partial charge on any atom is -0.408 e. The average molecular weight is 330 g/mol. The largest absolute Gasteiger partial charge is 0.408 e. The molecule has 1 unspecified atom stereocenters. The van der Waals surface area contributed by atoms with Crippen LogP contribution >= 0.6 is 12.2 Å². The first kappa shape index (κ1) is 15.6. The molecule has 0 spiro atoms. The second kappa shape index (κ2) is 6.76. The molecule has 11 heteroatoms. The van der Waals surface area contributed by atoms with Crippen molar-refractivity contribution in [2.75, 3.05) is 12.5 Å². The summed E-state index contributed by atoms with van der Waals surface area (Å²) in [5.74, 6) is 0.214. The van der Waals surface area contributed by atoms with E-state index >= 15 is 0 Å². The van der Waals surface area contributed by atoms with E-state index in [1.54, 1.807) is 31.2 Å². The van der Waals surface area contributed by atoms with Gasteiger partial charge in [0.05, 0.1) is 12.3 Å². The Morgan fingerprint density at radius 1 is 1.57 bits per heavy atom. The maximum atomic E-state index is 11.5. The summed E-state index contributed by atoms with van der Waals surface area (Å²) in [5.41, 5.74) is 3.13. The van der Waals surface area contributed by atoms with E-state index < -0.39 is 10.0 Å². The summed E-state index contributed by atoms with van der Waals surface area (Å²) in [6.45, 7) is 1.87. The Kier molecular flexibility index (Phi) is 5.01. The van der Waals surface area contributed by atoms with Gasteiger partial charge < -0.3 is 4.84 Å². The lowest BCUT2D eigenvalue weighted by atomic mass is 10.3. The normalized spacial score (nSPS) is 13.8. The van der Waals surface area contributed by atoms with E-state index in [0.717, 1.165) is 0 Å². The van der Waals surface area contributed by atoms with Crippen LogP contribution in [0.25, 0.3) is 5.69 Å². The fourth-order valence-corrected chi connectivity index (χ4v) is 2.34. The summed E-state index contributed by atoms with van der Waals surface area (Å²) in [7, 11) is -3.15. The quantitative estimate of drug-likeness (QED) is 0.515. The highest BCUT2D eigenvalue weighted by molar-refractivity contribution is 7.87. The molecule has 2 aromatic rings. The molecule has 1 aromatic carbocycles. The number of nitrogens with zero attached hydrogens (tertiary/aromatic N) is 3. The molecule has 0 radical (unpaired) electrons. The molecular formula is C10H14N6O3S2. The Morgan fingerprint density at radius 3 is 3.05 bits per heavy atom. The Balaban J connectivity index is 2.03. The van der Waals surface area contributed by atoms with Crippen molar-refractivity contribution in [2.24, 2.45) is 0 Å². The van der Waals surface area contributed by atoms with Gasteiger partial charge in [-0.15, -0.1) is 5.48 Å². The van der Waals surface area contributed by atoms with E-state index in [-0.39, 0.29) is 17.3 Å². The second-order valence-corrected chi connectivity index (χ2v) is 5.95. The minimum atomic E-state index is -3.15. The summed E-state index contributed by atoms with van der Waals surface area (Å²) in [6.07, 6.45) is 0. The van der Waals surface area contributed by atoms with Crippen molar-refractivity contribution in [1.82, 2.24) is 25.7 Å². The van der Waals surface area contributed by atoms with Gasteiger partial charge in [-0.3, -0.25) is 4.18 Å². The highest BCUT2D eigenvalue weighted by Crippen LogP contribution is 2.15. The lowest BCUT2D eigenvalue weighted by Gasteiger charge is -2.10. The highest BCUT2D eigenvalue weighted by atomic mass is 32.2. The van der Waals surface area contributed by atoms with Gasteiger partial charge in [0, 0.05) is 6.07 Å². The first-order chi connectivity index (χ1) is 10.0. The minimum absolute atomic E-state index is 0.199. The van der Waals surface area contributed by atoms with Crippen LogP contribution in [0.2, 0.25) is 0 Å². The van der Waals surface area contributed by atoms with Gasteiger partial charge in [0.25, 0.3) is 0 Å². The van der Waals surface area contributed by atoms with Gasteiger partial charge in [-0.1, -0.05) is 16.4 Å². The number of hydrogen-bond acceptors (Lipinski definition) is 8. The fourth-order valence-electron chi connectivity index (χ4n) is 1.47. The standard InChI is InChI=1S/C10H14N6O3S2/c1-2-18-21(11,17)7-12-19-9-5-3-4-8(6-9)16-10(20)13-14-15-16/h3-6,11-12H,2,7H2,1H3,(H,13,15,20). The molecule has 0 aliphatic rings. The van der Waals surface area contributed by atoms with Gasteiger partial charge in [0.1, 0.15) is 11.6 Å². The Morgan fingerprint density at radius 2 is 2.38 bits per heavy atom. The van der Waals surface area contributed by atoms with Crippen molar-refractivity contribution >= 4 is 22.2 Å². The van der Waals surface area contributed by atoms with Crippen molar-refractivity contribution in [3.05, 3.63) is 29.0 Å². The Labute approximate surface area is 126 Å². The number of benzene rings is 1. The molecule has 114 valence electrons. The third kappa shape index (κ3) is 4.32. The third-order valence-electron chi connectivity index (χ3n) is 2.29. The lowest BCUT2D eigenvalue weighted by Crippen LogP contribution is -2.27. The number of hydroxylamine groups is 1. The first-order valence-electron chi connectivity index (χ1n) is 5.93. The smallest absolute Gasteiger partial charge is 0.242 e. The average Bonchev–Trinajstić information content (AvgIpc) is 2.85. The lowest BCUT2D eigenvalue weighted by molar-refractivity contribution is 0.210. The Bertz CT molecular complexity index is 754. The van der Waals surface area contributed by atoms with Gasteiger partial charge in [-0.05, 0) is 31.3 Å². The summed E-state index contributed by atoms with van der Waals surface area (Å²) in [4.78, 5) is 5.24. The number of H-pyrrole nitrogens is 1. The number of aromatic amines is 1. The molecule has 21 heavy (non-hydrogen) atoms. The van der Waals surface area contributed by atoms with Crippen LogP contribution in [0.4, 0.5) is 0 Å². The topological polar surface area (TPSA) is 118 Å². The van der Waals surface area contributed by atoms with Crippen LogP contribution in [0.3, 0.4) is 0 Å². The van der Waals surface area contributed by atoms with Crippen LogP contribution in [0, 0.1) is 9.55 Å². The van der Waals surface area contributed by atoms with Crippen LogP contribution in [-0.2, 0) is 14.2 Å². The van der Waals surface area contributed by atoms with Gasteiger partial charge >= 0.3 is 0 Å². The maximum Gasteiger partial charge on any atom is 0.242 e. The van der Waals surface area contributed by atoms with E-state index in [1.165, 1.54) is 4.68 Å². The van der Waals surface area contributed by atoms with Crippen LogP contribution in [-0.4, -0.2) is 36.9 Å². The zero-order chi connectivity index (χ0) is 15.3. The summed E-state index contributed by atoms with van der Waals surface area (Å²) in [6, 6.07) is 6.90. The molecule has 0 amide bonds. The highest BCUT2D eigenvalue weighted by Gasteiger charge is 2.06. The zero-order valence-corrected chi connectivity index (χ0v) is 12.7. The molecule has 1 heterocycles. The first-order valence-corrected chi connectivity index (χ1v) is 7.99. The fraction of sp³-hybridized carbons (Fsp3) is 0.300. The van der Waals surface area contributed by atoms with E-state index in [0.29, 0.717) is 11.4 Å². The molecule has 0 aliphatic heterocycles. The van der Waals surface area contributed by atoms with Crippen molar-refractivity contribution in [3.63, 3.8) is 0 Å². The van der Waals surface area contributed by atoms with E-state index in [4.69, 9.17) is 26.0 Å². The second-order valence-electron chi connectivity index (χ2n) is 3.83. The molecule has 2 rings (SSSR count). The van der Waals surface area contributed by atoms with Crippen molar-refractivity contribution < 1.29 is 13.2 Å². The SMILES string of the molecule is CCOS(=N)(=O)CNOc1cccc(-n2[nH]nnc2=S)c1. The summed E-state index contributed by atoms with van der Waals surface area (Å²) in [5, 5.41) is 9.89. The van der Waals surface area contributed by atoms with Crippen LogP contribution in [0.15, 0.2) is 24.3 Å². The molecule has 0 fully saturated rings. The van der Waals surface area contributed by atoms with Crippen LogP contribution < -0.4 is 10.3 Å². The van der Waals surface area contributed by atoms with Crippen molar-refractivity contribution in [3.8, 4) is 11.4 Å². The Hall–Kier alpha value is -1.82. The summed E-state index contributed by atoms with van der Waals surface area (Å²) < 4.78 is 25.5. The van der Waals surface area contributed by atoms with E-state index in [2.05, 4.69) is 21.0 Å². The van der Waals surface area contributed by atoms with Crippen LogP contribution in [0.1, 0.15) is 6.92 Å². The van der Waals surface area contributed by atoms with Gasteiger partial charge in [0.15, 0.2) is 10.0 Å². The molecule has 9 nitrogen and oxygen atoms in total. The zero-order valence-electron chi connectivity index (χ0n) is 11.1. The molecular weight excluding hydrogens is 316 g/mol. The molecule has 0 saturated heterocycles. The number of tetrazole rings is 1. The molecule has 1 aromatic heterocycles. The maximum absolute atomic E-state index is 11.5. The third-order valence-corrected chi connectivity index (χ3v) is 3.67. The van der Waals surface area contributed by atoms with Crippen LogP contribution in [0.5, 0.6) is 5.75 Å². The predicted octanol–water partition coefficient (Wildman–Crippen LogP) is 1.16. The molecule has 3 N–H and O–H groups in total. The van der Waals surface area contributed by atoms with Gasteiger partial charge in [-0.25, -0.2) is 13.7 Å². The molecule has 1 atom stereocenters. The van der Waals surface area contributed by atoms with Crippen molar-refractivity contribution in [1.29, 1.82) is 4.78 Å². The van der Waals surface area contributed by atoms with Gasteiger partial charge in [0.2, 0.25) is 4.77 Å². The van der Waals surface area contributed by atoms with E-state index in [1.807, 2.05) is 0 Å². The van der Waals surface area contributed by atoms with Gasteiger partial charge in [-0.2, -0.15) is 5.21 Å². The monoisotopic (exact) mass is 330 g/mol. The molecule has 0 bridgehead atoms. The predicted molar refractivity (Wildman–Crippen MR) is 77.7 cm³/mol. The molecule has 0 aliphatic carbocycles.